The van der Waals surface area contributed by atoms with Crippen LogP contribution >= 0.6 is 15.9 Å². The summed E-state index contributed by atoms with van der Waals surface area (Å²) in [5.74, 6) is 6.55. The van der Waals surface area contributed by atoms with Crippen molar-refractivity contribution in [3.05, 3.63) is 23.7 Å². The fourth-order valence-corrected chi connectivity index (χ4v) is 2.48. The van der Waals surface area contributed by atoms with Gasteiger partial charge in [0.25, 0.3) is 5.91 Å². The fraction of sp³-hybridized carbons (Fsp3) is 0.611. The minimum atomic E-state index is -0.0946. The van der Waals surface area contributed by atoms with Crippen molar-refractivity contribution in [3.63, 3.8) is 0 Å². The highest BCUT2D eigenvalue weighted by atomic mass is 79.9. The van der Waals surface area contributed by atoms with Crippen LogP contribution in [0.5, 0.6) is 0 Å². The van der Waals surface area contributed by atoms with Gasteiger partial charge in [0.05, 0.1) is 0 Å². The Balaban J connectivity index is 2.30. The van der Waals surface area contributed by atoms with E-state index < -0.39 is 0 Å². The average Bonchev–Trinajstić information content (AvgIpc) is 3.03. The maximum atomic E-state index is 12.1. The van der Waals surface area contributed by atoms with Crippen molar-refractivity contribution in [3.8, 4) is 11.8 Å². The van der Waals surface area contributed by atoms with E-state index in [-0.39, 0.29) is 5.91 Å². The third kappa shape index (κ3) is 7.71. The van der Waals surface area contributed by atoms with Crippen LogP contribution in [0.2, 0.25) is 0 Å². The molecule has 1 heterocycles. The lowest BCUT2D eigenvalue weighted by Gasteiger charge is -2.16. The molecule has 1 amide bonds. The van der Waals surface area contributed by atoms with Crippen molar-refractivity contribution < 1.29 is 13.9 Å². The molecule has 0 saturated heterocycles. The van der Waals surface area contributed by atoms with E-state index in [0.29, 0.717) is 31.2 Å². The molecule has 1 rings (SSSR count). The molecule has 1 aromatic heterocycles. The second-order valence-electron chi connectivity index (χ2n) is 5.10. The molecule has 0 atom stereocenters. The summed E-state index contributed by atoms with van der Waals surface area (Å²) in [5.41, 5.74) is 0. The second kappa shape index (κ2) is 12.2. The van der Waals surface area contributed by atoms with Crippen LogP contribution in [0, 0.1) is 11.8 Å². The molecule has 0 unspecified atom stereocenters. The summed E-state index contributed by atoms with van der Waals surface area (Å²) < 4.78 is 10.9. The molecule has 0 fully saturated rings. The van der Waals surface area contributed by atoms with Crippen molar-refractivity contribution in [2.24, 2.45) is 0 Å². The van der Waals surface area contributed by atoms with Crippen LogP contribution in [0.4, 0.5) is 0 Å². The van der Waals surface area contributed by atoms with Gasteiger partial charge in [-0.3, -0.25) is 4.79 Å². The van der Waals surface area contributed by atoms with Gasteiger partial charge in [0, 0.05) is 25.0 Å². The van der Waals surface area contributed by atoms with Crippen molar-refractivity contribution in [2.75, 3.05) is 31.6 Å². The van der Waals surface area contributed by atoms with E-state index in [0.717, 1.165) is 18.4 Å². The van der Waals surface area contributed by atoms with Crippen molar-refractivity contribution in [2.45, 2.75) is 39.5 Å². The first-order valence-corrected chi connectivity index (χ1v) is 9.36. The van der Waals surface area contributed by atoms with E-state index in [1.54, 1.807) is 17.0 Å². The Kier molecular flexibility index (Phi) is 10.5. The SMILES string of the molecule is CCN(CC)C(=O)c1ccc(C#CCOCCCCCCBr)o1. The highest BCUT2D eigenvalue weighted by Gasteiger charge is 2.15. The summed E-state index contributed by atoms with van der Waals surface area (Å²) in [6.07, 6.45) is 4.70. The fourth-order valence-electron chi connectivity index (χ4n) is 2.09. The van der Waals surface area contributed by atoms with Crippen LogP contribution in [0.25, 0.3) is 0 Å². The zero-order valence-electron chi connectivity index (χ0n) is 14.1. The van der Waals surface area contributed by atoms with Crippen LogP contribution in [0.3, 0.4) is 0 Å². The number of ether oxygens (including phenoxy) is 1. The van der Waals surface area contributed by atoms with Gasteiger partial charge < -0.3 is 14.1 Å². The van der Waals surface area contributed by atoms with Crippen LogP contribution in [0.15, 0.2) is 16.5 Å². The summed E-state index contributed by atoms with van der Waals surface area (Å²) in [7, 11) is 0. The minimum absolute atomic E-state index is 0.0946. The zero-order valence-corrected chi connectivity index (χ0v) is 15.7. The topological polar surface area (TPSA) is 42.7 Å². The molecule has 0 aliphatic rings. The predicted octanol–water partition coefficient (Wildman–Crippen LogP) is 4.09. The molecule has 23 heavy (non-hydrogen) atoms. The van der Waals surface area contributed by atoms with Gasteiger partial charge in [0.2, 0.25) is 0 Å². The summed E-state index contributed by atoms with van der Waals surface area (Å²) in [5, 5.41) is 1.07. The summed E-state index contributed by atoms with van der Waals surface area (Å²) in [6, 6.07) is 3.40. The molecule has 4 nitrogen and oxygen atoms in total. The Morgan fingerprint density at radius 2 is 1.96 bits per heavy atom. The van der Waals surface area contributed by atoms with Crippen LogP contribution < -0.4 is 0 Å². The lowest BCUT2D eigenvalue weighted by atomic mass is 10.2. The molecule has 0 aliphatic carbocycles. The van der Waals surface area contributed by atoms with E-state index in [4.69, 9.17) is 9.15 Å². The monoisotopic (exact) mass is 383 g/mol. The molecule has 5 heteroatoms. The molecule has 0 bridgehead atoms. The molecule has 0 saturated carbocycles. The van der Waals surface area contributed by atoms with Gasteiger partial charge in [-0.15, -0.1) is 0 Å². The number of amides is 1. The first kappa shape index (κ1) is 19.8. The lowest BCUT2D eigenvalue weighted by Crippen LogP contribution is -2.30. The molecule has 0 radical (unpaired) electrons. The standard InChI is InChI=1S/C18H26BrNO3/c1-3-20(4-2)18(21)17-12-11-16(23-17)10-9-15-22-14-8-6-5-7-13-19/h11-12H,3-8,13-15H2,1-2H3. The number of carbonyl (C=O) groups excluding carboxylic acids is 1. The first-order valence-electron chi connectivity index (χ1n) is 8.24. The molecular weight excluding hydrogens is 358 g/mol. The van der Waals surface area contributed by atoms with Gasteiger partial charge in [0.15, 0.2) is 11.5 Å². The Hall–Kier alpha value is -1.25. The molecule has 0 aliphatic heterocycles. The van der Waals surface area contributed by atoms with Crippen LogP contribution in [0.1, 0.15) is 55.8 Å². The van der Waals surface area contributed by atoms with Gasteiger partial charge in [-0.25, -0.2) is 0 Å². The number of carbonyl (C=O) groups is 1. The van der Waals surface area contributed by atoms with E-state index in [2.05, 4.69) is 27.8 Å². The number of nitrogens with zero attached hydrogens (tertiary/aromatic N) is 1. The summed E-state index contributed by atoms with van der Waals surface area (Å²) in [4.78, 5) is 13.8. The lowest BCUT2D eigenvalue weighted by molar-refractivity contribution is 0.0740. The number of unbranched alkanes of at least 4 members (excludes halogenated alkanes) is 3. The van der Waals surface area contributed by atoms with Gasteiger partial charge in [-0.05, 0) is 44.7 Å². The van der Waals surface area contributed by atoms with E-state index >= 15 is 0 Å². The van der Waals surface area contributed by atoms with Crippen LogP contribution in [-0.2, 0) is 4.74 Å². The maximum Gasteiger partial charge on any atom is 0.289 e. The Labute approximate surface area is 147 Å². The largest absolute Gasteiger partial charge is 0.443 e. The molecule has 0 N–H and O–H groups in total. The molecule has 128 valence electrons. The number of halogens is 1. The van der Waals surface area contributed by atoms with Gasteiger partial charge in [0.1, 0.15) is 6.61 Å². The quantitative estimate of drug-likeness (QED) is 0.347. The number of furan rings is 1. The third-order valence-corrected chi connectivity index (χ3v) is 3.99. The van der Waals surface area contributed by atoms with E-state index in [9.17, 15) is 4.79 Å². The van der Waals surface area contributed by atoms with Crippen molar-refractivity contribution in [1.82, 2.24) is 4.90 Å². The molecular formula is C18H26BrNO3. The molecule has 0 aromatic carbocycles. The Bertz CT molecular complexity index is 512. The molecule has 0 spiro atoms. The van der Waals surface area contributed by atoms with Gasteiger partial charge >= 0.3 is 0 Å². The third-order valence-electron chi connectivity index (χ3n) is 3.43. The number of alkyl halides is 1. The Morgan fingerprint density at radius 1 is 1.22 bits per heavy atom. The van der Waals surface area contributed by atoms with Crippen LogP contribution in [-0.4, -0.2) is 42.4 Å². The summed E-state index contributed by atoms with van der Waals surface area (Å²) in [6.45, 7) is 6.35. The Morgan fingerprint density at radius 3 is 2.65 bits per heavy atom. The highest BCUT2D eigenvalue weighted by Crippen LogP contribution is 2.10. The minimum Gasteiger partial charge on any atom is -0.443 e. The van der Waals surface area contributed by atoms with Gasteiger partial charge in [-0.2, -0.15) is 0 Å². The second-order valence-corrected chi connectivity index (χ2v) is 5.89. The highest BCUT2D eigenvalue weighted by molar-refractivity contribution is 9.09. The van der Waals surface area contributed by atoms with Crippen molar-refractivity contribution in [1.29, 1.82) is 0 Å². The average molecular weight is 384 g/mol. The normalized spacial score (nSPS) is 10.2. The maximum absolute atomic E-state index is 12.1. The number of rotatable bonds is 10. The zero-order chi connectivity index (χ0) is 16.9. The van der Waals surface area contributed by atoms with Crippen molar-refractivity contribution >= 4 is 21.8 Å². The summed E-state index contributed by atoms with van der Waals surface area (Å²) >= 11 is 3.42. The van der Waals surface area contributed by atoms with E-state index in [1.807, 2.05) is 13.8 Å². The smallest absolute Gasteiger partial charge is 0.289 e. The predicted molar refractivity (Wildman–Crippen MR) is 95.9 cm³/mol. The van der Waals surface area contributed by atoms with Gasteiger partial charge in [-0.1, -0.05) is 34.7 Å². The number of hydrogen-bond donors (Lipinski definition) is 0. The van der Waals surface area contributed by atoms with E-state index in [1.165, 1.54) is 19.3 Å². The molecule has 1 aromatic rings. The number of hydrogen-bond acceptors (Lipinski definition) is 3. The first-order chi connectivity index (χ1) is 11.2.